The molecular formula is C32H32N2O4. The fourth-order valence-electron chi connectivity index (χ4n) is 5.43. The second-order valence-electron chi connectivity index (χ2n) is 9.43. The summed E-state index contributed by atoms with van der Waals surface area (Å²) in [5.74, 6) is 2.65. The van der Waals surface area contributed by atoms with Crippen molar-refractivity contribution < 1.29 is 19.0 Å². The van der Waals surface area contributed by atoms with E-state index in [4.69, 9.17) is 19.3 Å². The van der Waals surface area contributed by atoms with Crippen LogP contribution in [0, 0.1) is 0 Å². The van der Waals surface area contributed by atoms with Crippen LogP contribution in [0.2, 0.25) is 0 Å². The molecule has 0 fully saturated rings. The molecule has 3 aromatic rings. The molecule has 1 aliphatic heterocycles. The van der Waals surface area contributed by atoms with E-state index in [-0.39, 0.29) is 5.92 Å². The molecule has 0 bridgehead atoms. The average molecular weight is 509 g/mol. The van der Waals surface area contributed by atoms with E-state index in [1.807, 2.05) is 54.7 Å². The Labute approximate surface area is 223 Å². The predicted molar refractivity (Wildman–Crippen MR) is 149 cm³/mol. The molecule has 5 rings (SSSR count). The third kappa shape index (κ3) is 4.58. The Morgan fingerprint density at radius 2 is 1.39 bits per heavy atom. The van der Waals surface area contributed by atoms with Gasteiger partial charge in [-0.2, -0.15) is 5.10 Å². The Hall–Kier alpha value is -4.32. The van der Waals surface area contributed by atoms with Crippen LogP contribution in [-0.2, 0) is 10.3 Å². The summed E-state index contributed by atoms with van der Waals surface area (Å²) in [6, 6.07) is 24.3. The Balaban J connectivity index is 1.67. The van der Waals surface area contributed by atoms with Crippen LogP contribution in [0.4, 0.5) is 0 Å². The lowest BCUT2D eigenvalue weighted by Crippen LogP contribution is -2.46. The summed E-state index contributed by atoms with van der Waals surface area (Å²) >= 11 is 0. The molecule has 38 heavy (non-hydrogen) atoms. The molecule has 1 heterocycles. The minimum Gasteiger partial charge on any atom is -0.501 e. The van der Waals surface area contributed by atoms with Gasteiger partial charge in [-0.05, 0) is 59.0 Å². The van der Waals surface area contributed by atoms with Gasteiger partial charge in [0.1, 0.15) is 23.3 Å². The van der Waals surface area contributed by atoms with Gasteiger partial charge in [-0.1, -0.05) is 54.6 Å². The topological polar surface area (TPSA) is 60.4 Å². The molecule has 0 amide bonds. The largest absolute Gasteiger partial charge is 0.501 e. The van der Waals surface area contributed by atoms with Gasteiger partial charge in [0.15, 0.2) is 0 Å². The first-order valence-corrected chi connectivity index (χ1v) is 12.7. The fourth-order valence-corrected chi connectivity index (χ4v) is 5.43. The maximum atomic E-state index is 11.2. The van der Waals surface area contributed by atoms with Crippen LogP contribution < -0.4 is 9.47 Å². The lowest BCUT2D eigenvalue weighted by Gasteiger charge is -2.45. The van der Waals surface area contributed by atoms with Crippen LogP contribution in [0.15, 0.2) is 101 Å². The number of ether oxygens (including phenoxy) is 3. The molecule has 6 heteroatoms. The number of aldehydes is 1. The third-order valence-electron chi connectivity index (χ3n) is 7.50. The number of hydrazone groups is 1. The van der Waals surface area contributed by atoms with E-state index in [0.717, 1.165) is 53.1 Å². The number of methoxy groups -OCH3 is 3. The van der Waals surface area contributed by atoms with Crippen LogP contribution >= 0.6 is 0 Å². The Morgan fingerprint density at radius 3 is 1.87 bits per heavy atom. The van der Waals surface area contributed by atoms with Gasteiger partial charge in [-0.3, -0.25) is 9.80 Å². The molecule has 0 saturated heterocycles. The van der Waals surface area contributed by atoms with Crippen molar-refractivity contribution in [2.24, 2.45) is 5.10 Å². The fraction of sp³-hybridized carbons (Fsp3) is 0.250. The van der Waals surface area contributed by atoms with Gasteiger partial charge in [-0.25, -0.2) is 0 Å². The molecule has 0 saturated carbocycles. The molecule has 0 N–H and O–H groups in total. The summed E-state index contributed by atoms with van der Waals surface area (Å²) in [5.41, 5.74) is 4.54. The highest BCUT2D eigenvalue weighted by atomic mass is 16.5. The quantitative estimate of drug-likeness (QED) is 0.327. The number of nitrogens with zero attached hydrogens (tertiary/aromatic N) is 2. The van der Waals surface area contributed by atoms with Gasteiger partial charge in [0.05, 0.1) is 27.1 Å². The Kier molecular flexibility index (Phi) is 7.31. The van der Waals surface area contributed by atoms with Crippen molar-refractivity contribution >= 4 is 12.5 Å². The van der Waals surface area contributed by atoms with E-state index < -0.39 is 5.54 Å². The molecule has 1 aliphatic carbocycles. The first-order valence-electron chi connectivity index (χ1n) is 12.7. The van der Waals surface area contributed by atoms with Gasteiger partial charge in [0.2, 0.25) is 0 Å². The van der Waals surface area contributed by atoms with Crippen LogP contribution in [0.25, 0.3) is 0 Å². The summed E-state index contributed by atoms with van der Waals surface area (Å²) in [5, 5.41) is 7.25. The molecule has 1 unspecified atom stereocenters. The highest BCUT2D eigenvalue weighted by molar-refractivity contribution is 5.76. The zero-order chi connectivity index (χ0) is 26.5. The van der Waals surface area contributed by atoms with Crippen LogP contribution in [0.3, 0.4) is 0 Å². The number of carbonyl (C=O) groups is 1. The molecular weight excluding hydrogens is 476 g/mol. The second-order valence-corrected chi connectivity index (χ2v) is 9.43. The zero-order valence-corrected chi connectivity index (χ0v) is 22.0. The van der Waals surface area contributed by atoms with E-state index in [2.05, 4.69) is 41.4 Å². The van der Waals surface area contributed by atoms with Gasteiger partial charge < -0.3 is 14.2 Å². The number of allylic oxidation sites excluding steroid dienone is 3. The average Bonchev–Trinajstić information content (AvgIpc) is 3.49. The van der Waals surface area contributed by atoms with Crippen molar-refractivity contribution in [3.8, 4) is 11.5 Å². The van der Waals surface area contributed by atoms with Gasteiger partial charge in [0.25, 0.3) is 0 Å². The van der Waals surface area contributed by atoms with E-state index in [0.29, 0.717) is 12.1 Å². The van der Waals surface area contributed by atoms with Crippen LogP contribution in [0.5, 0.6) is 11.5 Å². The highest BCUT2D eigenvalue weighted by Gasteiger charge is 2.46. The molecule has 0 spiro atoms. The van der Waals surface area contributed by atoms with Gasteiger partial charge in [-0.15, -0.1) is 0 Å². The van der Waals surface area contributed by atoms with Gasteiger partial charge in [0, 0.05) is 30.7 Å². The highest BCUT2D eigenvalue weighted by Crippen LogP contribution is 2.48. The number of carbonyl (C=O) groups excluding carboxylic acids is 1. The van der Waals surface area contributed by atoms with E-state index in [9.17, 15) is 4.79 Å². The number of rotatable bonds is 9. The van der Waals surface area contributed by atoms with Gasteiger partial charge >= 0.3 is 0 Å². The maximum Gasteiger partial charge on any atom is 0.150 e. The van der Waals surface area contributed by atoms with E-state index in [1.165, 1.54) is 5.57 Å². The molecule has 3 aromatic carbocycles. The normalized spacial score (nSPS) is 17.0. The molecule has 194 valence electrons. The van der Waals surface area contributed by atoms with E-state index in [1.54, 1.807) is 21.3 Å². The summed E-state index contributed by atoms with van der Waals surface area (Å²) < 4.78 is 16.5. The van der Waals surface area contributed by atoms with Crippen molar-refractivity contribution in [2.45, 2.75) is 24.3 Å². The molecule has 1 atom stereocenters. The zero-order valence-electron chi connectivity index (χ0n) is 22.0. The molecule has 0 radical (unpaired) electrons. The van der Waals surface area contributed by atoms with Crippen molar-refractivity contribution in [2.75, 3.05) is 27.9 Å². The number of hydrogen-bond donors (Lipinski definition) is 0. The first-order chi connectivity index (χ1) is 18.6. The van der Waals surface area contributed by atoms with Crippen molar-refractivity contribution in [3.05, 3.63) is 119 Å². The molecule has 6 nitrogen and oxygen atoms in total. The SMILES string of the molecule is COC1=CC=C(C(c2ccc(OC)cc2)(c2ccc(OC)cc2)N2CC(c3ccc(C=O)cc3)C=N2)CC1. The smallest absolute Gasteiger partial charge is 0.150 e. The minimum atomic E-state index is -0.664. The Bertz CT molecular complexity index is 1310. The standard InChI is InChI=1S/C32H32N2O4/c1-36-29-14-8-26(9-15-29)32(27-10-16-30(37-2)17-11-27,28-12-18-31(38-3)19-13-28)34-21-25(20-33-34)24-6-4-23(22-35)5-7-24/h4-12,14-18,20,22,25H,13,19,21H2,1-3H3. The molecule has 2 aliphatic rings. The number of hydrogen-bond acceptors (Lipinski definition) is 6. The monoisotopic (exact) mass is 508 g/mol. The third-order valence-corrected chi connectivity index (χ3v) is 7.50. The van der Waals surface area contributed by atoms with Crippen LogP contribution in [-0.4, -0.2) is 45.4 Å². The minimum absolute atomic E-state index is 0.0841. The summed E-state index contributed by atoms with van der Waals surface area (Å²) in [4.78, 5) is 11.2. The van der Waals surface area contributed by atoms with Crippen molar-refractivity contribution in [1.82, 2.24) is 5.01 Å². The van der Waals surface area contributed by atoms with Crippen molar-refractivity contribution in [1.29, 1.82) is 0 Å². The first kappa shape index (κ1) is 25.3. The number of benzene rings is 3. The Morgan fingerprint density at radius 1 is 0.789 bits per heavy atom. The van der Waals surface area contributed by atoms with Crippen LogP contribution in [0.1, 0.15) is 45.8 Å². The predicted octanol–water partition coefficient (Wildman–Crippen LogP) is 6.10. The molecule has 0 aromatic heterocycles. The summed E-state index contributed by atoms with van der Waals surface area (Å²) in [6.45, 7) is 0.677. The lowest BCUT2D eigenvalue weighted by atomic mass is 9.73. The van der Waals surface area contributed by atoms with E-state index >= 15 is 0 Å². The lowest BCUT2D eigenvalue weighted by molar-refractivity contribution is 0.112. The maximum absolute atomic E-state index is 11.2. The summed E-state index contributed by atoms with van der Waals surface area (Å²) in [7, 11) is 5.07. The second kappa shape index (κ2) is 11.0. The van der Waals surface area contributed by atoms with Crippen molar-refractivity contribution in [3.63, 3.8) is 0 Å². The summed E-state index contributed by atoms with van der Waals surface area (Å²) in [6.07, 6.45) is 8.76.